The van der Waals surface area contributed by atoms with Gasteiger partial charge in [-0.1, -0.05) is 24.3 Å². The number of sulfonamides is 1. The summed E-state index contributed by atoms with van der Waals surface area (Å²) in [5.74, 6) is 0.793. The van der Waals surface area contributed by atoms with Crippen LogP contribution in [0.3, 0.4) is 0 Å². The van der Waals surface area contributed by atoms with Gasteiger partial charge in [-0.15, -0.1) is 11.8 Å². The van der Waals surface area contributed by atoms with Crippen molar-refractivity contribution in [2.75, 3.05) is 19.4 Å². The predicted octanol–water partition coefficient (Wildman–Crippen LogP) is 3.56. The van der Waals surface area contributed by atoms with Gasteiger partial charge < -0.3 is 9.47 Å². The first-order chi connectivity index (χ1) is 15.5. The van der Waals surface area contributed by atoms with Crippen LogP contribution in [0.4, 0.5) is 0 Å². The van der Waals surface area contributed by atoms with E-state index in [0.29, 0.717) is 23.7 Å². The number of nitrogens with zero attached hydrogens (tertiary/aromatic N) is 1. The molecule has 1 unspecified atom stereocenters. The van der Waals surface area contributed by atoms with Gasteiger partial charge in [-0.05, 0) is 41.5 Å². The summed E-state index contributed by atoms with van der Waals surface area (Å²) in [5, 5.41) is -0.129. The summed E-state index contributed by atoms with van der Waals surface area (Å²) >= 11 is 1.59. The van der Waals surface area contributed by atoms with Crippen molar-refractivity contribution < 1.29 is 22.7 Å². The number of nitrogens with one attached hydrogen (secondary N) is 1. The van der Waals surface area contributed by atoms with Crippen LogP contribution in [0, 0.1) is 0 Å². The van der Waals surface area contributed by atoms with Gasteiger partial charge in [0, 0.05) is 30.3 Å². The fourth-order valence-corrected chi connectivity index (χ4v) is 5.85. The molecule has 1 aliphatic rings. The van der Waals surface area contributed by atoms with Crippen LogP contribution in [0.1, 0.15) is 32.3 Å². The molecule has 9 heteroatoms. The number of pyridine rings is 1. The molecule has 0 saturated heterocycles. The number of hydrogen-bond donors (Lipinski definition) is 1. The second-order valence-corrected chi connectivity index (χ2v) is 10.0. The van der Waals surface area contributed by atoms with Gasteiger partial charge in [0.2, 0.25) is 10.0 Å². The molecule has 32 heavy (non-hydrogen) atoms. The number of methoxy groups -OCH3 is 1. The van der Waals surface area contributed by atoms with E-state index < -0.39 is 16.0 Å². The van der Waals surface area contributed by atoms with Crippen LogP contribution in [0.2, 0.25) is 0 Å². The number of thioether (sulfide) groups is 1. The molecule has 3 aromatic rings. The summed E-state index contributed by atoms with van der Waals surface area (Å²) in [6.07, 6.45) is 2.85. The van der Waals surface area contributed by atoms with Gasteiger partial charge in [-0.25, -0.2) is 17.9 Å². The van der Waals surface area contributed by atoms with Crippen LogP contribution < -0.4 is 9.46 Å². The highest BCUT2D eigenvalue weighted by atomic mass is 32.2. The summed E-state index contributed by atoms with van der Waals surface area (Å²) in [7, 11) is -2.28. The Morgan fingerprint density at radius 2 is 2.03 bits per heavy atom. The maximum absolute atomic E-state index is 12.5. The van der Waals surface area contributed by atoms with E-state index in [9.17, 15) is 13.2 Å². The molecule has 0 radical (unpaired) electrons. The minimum Gasteiger partial charge on any atom is -0.489 e. The summed E-state index contributed by atoms with van der Waals surface area (Å²) in [4.78, 5) is 16.1. The van der Waals surface area contributed by atoms with Gasteiger partial charge >= 0.3 is 5.97 Å². The number of aromatic nitrogens is 1. The number of carbonyl (C=O) groups excluding carboxylic acids is 1. The lowest BCUT2D eigenvalue weighted by atomic mass is 9.98. The van der Waals surface area contributed by atoms with E-state index in [-0.39, 0.29) is 16.7 Å². The molecule has 0 fully saturated rings. The third-order valence-electron chi connectivity index (χ3n) is 5.06. The summed E-state index contributed by atoms with van der Waals surface area (Å²) in [6.45, 7) is 0.666. The molecule has 4 rings (SSSR count). The molecule has 1 N–H and O–H groups in total. The van der Waals surface area contributed by atoms with Crippen LogP contribution in [-0.4, -0.2) is 38.8 Å². The van der Waals surface area contributed by atoms with Crippen LogP contribution in [0.15, 0.2) is 71.9 Å². The number of fused-ring (bicyclic) bond motifs is 2. The molecule has 7 nitrogen and oxygen atoms in total. The third-order valence-corrected chi connectivity index (χ3v) is 7.78. The van der Waals surface area contributed by atoms with E-state index in [1.54, 1.807) is 36.0 Å². The average Bonchev–Trinajstić information content (AvgIpc) is 2.98. The molecule has 0 spiro atoms. The predicted molar refractivity (Wildman–Crippen MR) is 122 cm³/mol. The number of rotatable bonds is 7. The molecule has 1 aromatic heterocycles. The van der Waals surface area contributed by atoms with Gasteiger partial charge in [-0.3, -0.25) is 4.98 Å². The third kappa shape index (κ3) is 4.79. The highest BCUT2D eigenvalue weighted by Gasteiger charge is 2.26. The zero-order chi connectivity index (χ0) is 22.6. The Hall–Kier alpha value is -2.88. The van der Waals surface area contributed by atoms with Crippen LogP contribution in [-0.2, 0) is 21.4 Å². The Kier molecular flexibility index (Phi) is 6.78. The largest absolute Gasteiger partial charge is 0.489 e. The van der Waals surface area contributed by atoms with Crippen molar-refractivity contribution in [1.29, 1.82) is 0 Å². The standard InChI is InChI=1S/C23H22N2O5S2/c1-29-23(26)16-8-9-21-20(13-16)22(19-7-3-2-5-17(19)15-30-21)31-12-11-25-32(27,28)18-6-4-10-24-14-18/h2-10,13-14,22,25H,11-12,15H2,1H3. The Balaban J connectivity index is 1.56. The number of benzene rings is 2. The van der Waals surface area contributed by atoms with Crippen molar-refractivity contribution in [3.63, 3.8) is 0 Å². The number of hydrogen-bond acceptors (Lipinski definition) is 7. The zero-order valence-electron chi connectivity index (χ0n) is 17.4. The maximum atomic E-state index is 12.5. The Morgan fingerprint density at radius 1 is 1.19 bits per heavy atom. The van der Waals surface area contributed by atoms with Gasteiger partial charge in [0.05, 0.1) is 17.9 Å². The van der Waals surface area contributed by atoms with E-state index in [2.05, 4.69) is 9.71 Å². The van der Waals surface area contributed by atoms with E-state index in [4.69, 9.17) is 9.47 Å². The lowest BCUT2D eigenvalue weighted by molar-refractivity contribution is 0.0600. The van der Waals surface area contributed by atoms with Crippen molar-refractivity contribution in [2.24, 2.45) is 0 Å². The smallest absolute Gasteiger partial charge is 0.337 e. The molecule has 166 valence electrons. The first-order valence-electron chi connectivity index (χ1n) is 9.94. The van der Waals surface area contributed by atoms with E-state index in [0.717, 1.165) is 16.7 Å². The quantitative estimate of drug-likeness (QED) is 0.417. The second kappa shape index (κ2) is 9.72. The van der Waals surface area contributed by atoms with Crippen molar-refractivity contribution >= 4 is 27.8 Å². The molecule has 1 atom stereocenters. The molecule has 0 bridgehead atoms. The van der Waals surface area contributed by atoms with Gasteiger partial charge in [0.25, 0.3) is 0 Å². The van der Waals surface area contributed by atoms with Crippen LogP contribution >= 0.6 is 11.8 Å². The van der Waals surface area contributed by atoms with Gasteiger partial charge in [-0.2, -0.15) is 0 Å². The van der Waals surface area contributed by atoms with Crippen LogP contribution in [0.25, 0.3) is 0 Å². The van der Waals surface area contributed by atoms with Gasteiger partial charge in [0.1, 0.15) is 17.3 Å². The molecule has 0 saturated carbocycles. The normalized spacial score (nSPS) is 15.1. The highest BCUT2D eigenvalue weighted by molar-refractivity contribution is 7.99. The SMILES string of the molecule is COC(=O)c1ccc2c(c1)C(SCCNS(=O)(=O)c1cccnc1)c1ccccc1CO2. The maximum Gasteiger partial charge on any atom is 0.337 e. The van der Waals surface area contributed by atoms with Crippen molar-refractivity contribution in [1.82, 2.24) is 9.71 Å². The minimum atomic E-state index is -3.62. The monoisotopic (exact) mass is 470 g/mol. The summed E-state index contributed by atoms with van der Waals surface area (Å²) < 4.78 is 38.4. The zero-order valence-corrected chi connectivity index (χ0v) is 19.0. The Labute approximate surface area is 191 Å². The second-order valence-electron chi connectivity index (χ2n) is 7.07. The van der Waals surface area contributed by atoms with E-state index >= 15 is 0 Å². The fourth-order valence-electron chi connectivity index (χ4n) is 3.50. The molecular formula is C23H22N2O5S2. The van der Waals surface area contributed by atoms with Crippen molar-refractivity contribution in [2.45, 2.75) is 16.8 Å². The minimum absolute atomic E-state index is 0.129. The number of carbonyl (C=O) groups is 1. The Bertz CT molecular complexity index is 1220. The fraction of sp³-hybridized carbons (Fsp3) is 0.217. The van der Waals surface area contributed by atoms with Gasteiger partial charge in [0.15, 0.2) is 0 Å². The van der Waals surface area contributed by atoms with Crippen LogP contribution in [0.5, 0.6) is 5.75 Å². The van der Waals surface area contributed by atoms with E-state index in [1.165, 1.54) is 25.6 Å². The molecular weight excluding hydrogens is 448 g/mol. The molecule has 0 amide bonds. The summed E-state index contributed by atoms with van der Waals surface area (Å²) in [6, 6.07) is 16.3. The lowest BCUT2D eigenvalue weighted by Crippen LogP contribution is -2.26. The first-order valence-corrected chi connectivity index (χ1v) is 12.5. The Morgan fingerprint density at radius 3 is 2.81 bits per heavy atom. The first kappa shape index (κ1) is 22.3. The average molecular weight is 471 g/mol. The van der Waals surface area contributed by atoms with Crippen molar-refractivity contribution in [3.8, 4) is 5.75 Å². The van der Waals surface area contributed by atoms with E-state index in [1.807, 2.05) is 24.3 Å². The summed E-state index contributed by atoms with van der Waals surface area (Å²) in [5.41, 5.74) is 3.43. The molecule has 2 aromatic carbocycles. The number of ether oxygens (including phenoxy) is 2. The molecule has 0 aliphatic carbocycles. The molecule has 2 heterocycles. The topological polar surface area (TPSA) is 94.6 Å². The highest BCUT2D eigenvalue weighted by Crippen LogP contribution is 2.44. The number of esters is 1. The molecule has 1 aliphatic heterocycles. The van der Waals surface area contributed by atoms with Crippen molar-refractivity contribution in [3.05, 3.63) is 89.2 Å². The lowest BCUT2D eigenvalue weighted by Gasteiger charge is -2.19.